The maximum Gasteiger partial charge on any atom is 0.255 e. The van der Waals surface area contributed by atoms with Gasteiger partial charge in [-0.05, 0) is 37.9 Å². The molecule has 0 aliphatic carbocycles. The molecule has 0 aromatic heterocycles. The molecule has 2 aliphatic heterocycles. The molecule has 1 aromatic carbocycles. The van der Waals surface area contributed by atoms with Crippen molar-refractivity contribution in [3.8, 4) is 0 Å². The van der Waals surface area contributed by atoms with Crippen LogP contribution in [0.25, 0.3) is 0 Å². The topological polar surface area (TPSA) is 69.7 Å². The quantitative estimate of drug-likeness (QED) is 0.891. The van der Waals surface area contributed by atoms with E-state index >= 15 is 0 Å². The second kappa shape index (κ2) is 7.63. The molecule has 2 saturated heterocycles. The van der Waals surface area contributed by atoms with Crippen LogP contribution in [0.2, 0.25) is 0 Å². The molecule has 1 aromatic rings. The third kappa shape index (κ3) is 3.63. The molecule has 132 valence electrons. The number of amides is 1. The summed E-state index contributed by atoms with van der Waals surface area (Å²) in [5.74, 6) is -0.185. The van der Waals surface area contributed by atoms with Crippen LogP contribution in [0.3, 0.4) is 0 Å². The Morgan fingerprint density at radius 1 is 0.917 bits per heavy atom. The smallest absolute Gasteiger partial charge is 0.255 e. The maximum atomic E-state index is 13.0. The summed E-state index contributed by atoms with van der Waals surface area (Å²) < 4.78 is 27.5. The molecule has 2 aliphatic rings. The number of hydrogen-bond acceptors (Lipinski definition) is 4. The highest BCUT2D eigenvalue weighted by atomic mass is 32.2. The molecule has 6 nitrogen and oxygen atoms in total. The molecular formula is C17H25N3O3S. The third-order valence-electron chi connectivity index (χ3n) is 4.68. The Hall–Kier alpha value is -1.44. The van der Waals surface area contributed by atoms with Crippen molar-refractivity contribution in [1.29, 1.82) is 0 Å². The van der Waals surface area contributed by atoms with Crippen LogP contribution < -0.4 is 5.32 Å². The van der Waals surface area contributed by atoms with Gasteiger partial charge in [-0.15, -0.1) is 0 Å². The molecule has 2 fully saturated rings. The normalized spacial score (nSPS) is 20.6. The van der Waals surface area contributed by atoms with E-state index in [-0.39, 0.29) is 10.8 Å². The average Bonchev–Trinajstić information content (AvgIpc) is 2.91. The van der Waals surface area contributed by atoms with Crippen molar-refractivity contribution in [2.75, 3.05) is 39.3 Å². The molecule has 7 heteroatoms. The number of benzene rings is 1. The van der Waals surface area contributed by atoms with Gasteiger partial charge in [0.15, 0.2) is 0 Å². The zero-order valence-corrected chi connectivity index (χ0v) is 14.7. The highest BCUT2D eigenvalue weighted by Crippen LogP contribution is 2.24. The van der Waals surface area contributed by atoms with E-state index in [1.807, 2.05) is 0 Å². The van der Waals surface area contributed by atoms with Crippen molar-refractivity contribution in [3.63, 3.8) is 0 Å². The fraction of sp³-hybridized carbons (Fsp3) is 0.588. The number of nitrogens with zero attached hydrogens (tertiary/aromatic N) is 2. The van der Waals surface area contributed by atoms with Gasteiger partial charge in [-0.1, -0.05) is 18.6 Å². The van der Waals surface area contributed by atoms with E-state index < -0.39 is 10.0 Å². The first-order chi connectivity index (χ1) is 11.6. The first kappa shape index (κ1) is 17.4. The van der Waals surface area contributed by atoms with Gasteiger partial charge in [0.05, 0.1) is 10.5 Å². The van der Waals surface area contributed by atoms with Crippen molar-refractivity contribution >= 4 is 15.9 Å². The van der Waals surface area contributed by atoms with Gasteiger partial charge >= 0.3 is 0 Å². The lowest BCUT2D eigenvalue weighted by Gasteiger charge is -2.27. The maximum absolute atomic E-state index is 13.0. The molecule has 0 spiro atoms. The zero-order chi connectivity index (χ0) is 17.0. The van der Waals surface area contributed by atoms with Gasteiger partial charge in [-0.2, -0.15) is 4.31 Å². The fourth-order valence-corrected chi connectivity index (χ4v) is 5.03. The number of nitrogens with one attached hydrogen (secondary N) is 1. The van der Waals surface area contributed by atoms with Crippen LogP contribution in [0.5, 0.6) is 0 Å². The van der Waals surface area contributed by atoms with Crippen molar-refractivity contribution in [2.45, 2.75) is 30.6 Å². The van der Waals surface area contributed by atoms with Crippen LogP contribution in [-0.2, 0) is 10.0 Å². The van der Waals surface area contributed by atoms with E-state index in [1.165, 1.54) is 4.31 Å². The van der Waals surface area contributed by atoms with Gasteiger partial charge in [0.25, 0.3) is 5.91 Å². The van der Waals surface area contributed by atoms with Crippen molar-refractivity contribution in [1.82, 2.24) is 14.5 Å². The van der Waals surface area contributed by atoms with Crippen LogP contribution in [0.1, 0.15) is 36.0 Å². The molecule has 0 radical (unpaired) electrons. The second-order valence-corrected chi connectivity index (χ2v) is 8.26. The zero-order valence-electron chi connectivity index (χ0n) is 13.9. The van der Waals surface area contributed by atoms with E-state index in [9.17, 15) is 13.2 Å². The number of sulfonamides is 1. The Kier molecular flexibility index (Phi) is 5.53. The molecule has 0 saturated carbocycles. The predicted molar refractivity (Wildman–Crippen MR) is 92.4 cm³/mol. The van der Waals surface area contributed by atoms with Gasteiger partial charge in [0, 0.05) is 32.7 Å². The number of piperidine rings is 1. The van der Waals surface area contributed by atoms with E-state index in [0.717, 1.165) is 38.8 Å². The minimum atomic E-state index is -3.62. The number of rotatable bonds is 3. The third-order valence-corrected chi connectivity index (χ3v) is 6.63. The lowest BCUT2D eigenvalue weighted by atomic mass is 10.2. The van der Waals surface area contributed by atoms with Crippen LogP contribution in [0.4, 0.5) is 0 Å². The average molecular weight is 351 g/mol. The molecule has 3 rings (SSSR count). The lowest BCUT2D eigenvalue weighted by Crippen LogP contribution is -2.38. The Labute approximate surface area is 143 Å². The standard InChI is InChI=1S/C17H25N3O3S/c21-17(19-11-6-9-18-10-14-19)15-7-2-3-8-16(15)24(22,23)20-12-4-1-5-13-20/h2-3,7-8,18H,1,4-6,9-14H2. The summed E-state index contributed by atoms with van der Waals surface area (Å²) in [7, 11) is -3.62. The van der Waals surface area contributed by atoms with Gasteiger partial charge in [-0.3, -0.25) is 4.79 Å². The summed E-state index contributed by atoms with van der Waals surface area (Å²) in [5, 5.41) is 3.26. The summed E-state index contributed by atoms with van der Waals surface area (Å²) in [6, 6.07) is 6.63. The van der Waals surface area contributed by atoms with Gasteiger partial charge in [-0.25, -0.2) is 8.42 Å². The number of carbonyl (C=O) groups excluding carboxylic acids is 1. The molecule has 1 amide bonds. The van der Waals surface area contributed by atoms with E-state index in [4.69, 9.17) is 0 Å². The van der Waals surface area contributed by atoms with Crippen molar-refractivity contribution in [2.24, 2.45) is 0 Å². The number of carbonyl (C=O) groups is 1. The molecular weight excluding hydrogens is 326 g/mol. The first-order valence-electron chi connectivity index (χ1n) is 8.70. The van der Waals surface area contributed by atoms with Gasteiger partial charge < -0.3 is 10.2 Å². The second-order valence-electron chi connectivity index (χ2n) is 6.36. The molecule has 2 heterocycles. The van der Waals surface area contributed by atoms with E-state index in [2.05, 4.69) is 5.32 Å². The number of hydrogen-bond donors (Lipinski definition) is 1. The Morgan fingerprint density at radius 3 is 2.46 bits per heavy atom. The highest BCUT2D eigenvalue weighted by Gasteiger charge is 2.31. The van der Waals surface area contributed by atoms with Crippen LogP contribution in [-0.4, -0.2) is 62.8 Å². The first-order valence-corrected chi connectivity index (χ1v) is 10.1. The monoisotopic (exact) mass is 351 g/mol. The Morgan fingerprint density at radius 2 is 1.67 bits per heavy atom. The summed E-state index contributed by atoms with van der Waals surface area (Å²) in [5.41, 5.74) is 0.296. The Bertz CT molecular complexity index is 676. The summed E-state index contributed by atoms with van der Waals surface area (Å²) in [6.07, 6.45) is 3.71. The molecule has 0 atom stereocenters. The molecule has 0 unspecified atom stereocenters. The predicted octanol–water partition coefficient (Wildman–Crippen LogP) is 1.30. The van der Waals surface area contributed by atoms with Crippen LogP contribution in [0.15, 0.2) is 29.2 Å². The minimum absolute atomic E-state index is 0.147. The lowest BCUT2D eigenvalue weighted by molar-refractivity contribution is 0.0762. The molecule has 0 bridgehead atoms. The summed E-state index contributed by atoms with van der Waals surface area (Å²) in [6.45, 7) is 3.97. The van der Waals surface area contributed by atoms with Gasteiger partial charge in [0.1, 0.15) is 0 Å². The SMILES string of the molecule is O=C(c1ccccc1S(=O)(=O)N1CCCCC1)N1CCCNCC1. The summed E-state index contributed by atoms with van der Waals surface area (Å²) in [4.78, 5) is 14.8. The van der Waals surface area contributed by atoms with Crippen LogP contribution >= 0.6 is 0 Å². The highest BCUT2D eigenvalue weighted by molar-refractivity contribution is 7.89. The fourth-order valence-electron chi connectivity index (χ4n) is 3.33. The summed E-state index contributed by atoms with van der Waals surface area (Å²) >= 11 is 0. The van der Waals surface area contributed by atoms with Crippen molar-refractivity contribution < 1.29 is 13.2 Å². The van der Waals surface area contributed by atoms with Crippen molar-refractivity contribution in [3.05, 3.63) is 29.8 Å². The molecule has 1 N–H and O–H groups in total. The largest absolute Gasteiger partial charge is 0.337 e. The van der Waals surface area contributed by atoms with Crippen LogP contribution in [0, 0.1) is 0 Å². The van der Waals surface area contributed by atoms with Gasteiger partial charge in [0.2, 0.25) is 10.0 Å². The van der Waals surface area contributed by atoms with E-state index in [1.54, 1.807) is 29.2 Å². The van der Waals surface area contributed by atoms with E-state index in [0.29, 0.717) is 31.7 Å². The minimum Gasteiger partial charge on any atom is -0.337 e. The Balaban J connectivity index is 1.91. The molecule has 24 heavy (non-hydrogen) atoms.